The summed E-state index contributed by atoms with van der Waals surface area (Å²) in [6, 6.07) is 5.45. The van der Waals surface area contributed by atoms with Crippen molar-refractivity contribution < 1.29 is 13.6 Å². The standard InChI is InChI=1S/C12H11FN2O2/c1-7-2-8(6-17-7)12(16)15-11-4-9(13)3-10(14)5-11/h2-6H,14H2,1H3,(H,15,16). The number of furan rings is 1. The van der Waals surface area contributed by atoms with E-state index in [2.05, 4.69) is 5.32 Å². The van der Waals surface area contributed by atoms with Crippen molar-refractivity contribution in [3.63, 3.8) is 0 Å². The first-order chi connectivity index (χ1) is 8.04. The Morgan fingerprint density at radius 3 is 2.71 bits per heavy atom. The van der Waals surface area contributed by atoms with Crippen LogP contribution >= 0.6 is 0 Å². The van der Waals surface area contributed by atoms with Crippen LogP contribution in [0.5, 0.6) is 0 Å². The molecule has 4 nitrogen and oxygen atoms in total. The molecular formula is C12H11FN2O2. The van der Waals surface area contributed by atoms with Crippen LogP contribution in [0, 0.1) is 12.7 Å². The molecule has 0 spiro atoms. The summed E-state index contributed by atoms with van der Waals surface area (Å²) in [5.74, 6) is -0.232. The lowest BCUT2D eigenvalue weighted by Crippen LogP contribution is -2.11. The number of nitrogen functional groups attached to an aromatic ring is 1. The van der Waals surface area contributed by atoms with Crippen LogP contribution in [-0.4, -0.2) is 5.91 Å². The van der Waals surface area contributed by atoms with Gasteiger partial charge in [0.25, 0.3) is 5.91 Å². The van der Waals surface area contributed by atoms with Gasteiger partial charge in [0.2, 0.25) is 0 Å². The second kappa shape index (κ2) is 4.29. The number of rotatable bonds is 2. The highest BCUT2D eigenvalue weighted by Crippen LogP contribution is 2.17. The number of amides is 1. The number of aryl methyl sites for hydroxylation is 1. The van der Waals surface area contributed by atoms with Gasteiger partial charge in [0.15, 0.2) is 0 Å². The van der Waals surface area contributed by atoms with Crippen molar-refractivity contribution in [1.82, 2.24) is 0 Å². The molecule has 0 atom stereocenters. The van der Waals surface area contributed by atoms with Gasteiger partial charge < -0.3 is 15.5 Å². The summed E-state index contributed by atoms with van der Waals surface area (Å²) in [5.41, 5.74) is 6.41. The molecule has 0 aliphatic rings. The van der Waals surface area contributed by atoms with Gasteiger partial charge in [-0.15, -0.1) is 0 Å². The molecule has 0 bridgehead atoms. The van der Waals surface area contributed by atoms with Gasteiger partial charge in [-0.2, -0.15) is 0 Å². The molecule has 17 heavy (non-hydrogen) atoms. The smallest absolute Gasteiger partial charge is 0.258 e. The van der Waals surface area contributed by atoms with Crippen molar-refractivity contribution in [3.05, 3.63) is 47.7 Å². The van der Waals surface area contributed by atoms with Crippen LogP contribution in [0.4, 0.5) is 15.8 Å². The fourth-order valence-corrected chi connectivity index (χ4v) is 1.45. The zero-order valence-corrected chi connectivity index (χ0v) is 9.16. The fourth-order valence-electron chi connectivity index (χ4n) is 1.45. The molecule has 88 valence electrons. The van der Waals surface area contributed by atoms with E-state index in [1.807, 2.05) is 0 Å². The van der Waals surface area contributed by atoms with Gasteiger partial charge >= 0.3 is 0 Å². The van der Waals surface area contributed by atoms with E-state index in [9.17, 15) is 9.18 Å². The molecule has 0 aliphatic carbocycles. The molecule has 0 fully saturated rings. The van der Waals surface area contributed by atoms with Crippen LogP contribution in [0.2, 0.25) is 0 Å². The number of hydrogen-bond acceptors (Lipinski definition) is 3. The Bertz CT molecular complexity index is 543. The van der Waals surface area contributed by atoms with E-state index >= 15 is 0 Å². The Balaban J connectivity index is 2.18. The minimum absolute atomic E-state index is 0.253. The van der Waals surface area contributed by atoms with E-state index in [0.717, 1.165) is 0 Å². The topological polar surface area (TPSA) is 68.3 Å². The first-order valence-electron chi connectivity index (χ1n) is 4.97. The van der Waals surface area contributed by atoms with Crippen molar-refractivity contribution >= 4 is 17.3 Å². The third kappa shape index (κ3) is 2.63. The summed E-state index contributed by atoms with van der Waals surface area (Å²) < 4.78 is 18.0. The number of carbonyl (C=O) groups is 1. The zero-order chi connectivity index (χ0) is 12.4. The first kappa shape index (κ1) is 11.2. The number of anilines is 2. The summed E-state index contributed by atoms with van der Waals surface area (Å²) in [7, 11) is 0. The van der Waals surface area contributed by atoms with Gasteiger partial charge in [-0.3, -0.25) is 4.79 Å². The highest BCUT2D eigenvalue weighted by molar-refractivity contribution is 6.04. The predicted octanol–water partition coefficient (Wildman–Crippen LogP) is 2.56. The number of hydrogen-bond donors (Lipinski definition) is 2. The zero-order valence-electron chi connectivity index (χ0n) is 9.16. The average Bonchev–Trinajstić information content (AvgIpc) is 2.63. The number of benzene rings is 1. The van der Waals surface area contributed by atoms with Crippen LogP contribution in [0.15, 0.2) is 34.9 Å². The highest BCUT2D eigenvalue weighted by Gasteiger charge is 2.09. The SMILES string of the molecule is Cc1cc(C(=O)Nc2cc(N)cc(F)c2)co1. The van der Waals surface area contributed by atoms with Gasteiger partial charge in [0.05, 0.1) is 5.56 Å². The molecule has 2 aromatic rings. The van der Waals surface area contributed by atoms with Crippen LogP contribution in [0.3, 0.4) is 0 Å². The summed E-state index contributed by atoms with van der Waals surface area (Å²) in [4.78, 5) is 11.7. The summed E-state index contributed by atoms with van der Waals surface area (Å²) in [6.45, 7) is 1.73. The Labute approximate surface area is 97.2 Å². The third-order valence-electron chi connectivity index (χ3n) is 2.17. The van der Waals surface area contributed by atoms with Crippen molar-refractivity contribution in [3.8, 4) is 0 Å². The Kier molecular flexibility index (Phi) is 2.82. The lowest BCUT2D eigenvalue weighted by atomic mass is 10.2. The molecular weight excluding hydrogens is 223 g/mol. The maximum Gasteiger partial charge on any atom is 0.258 e. The Hall–Kier alpha value is -2.30. The molecule has 0 saturated heterocycles. The molecule has 1 aromatic carbocycles. The Morgan fingerprint density at radius 2 is 2.12 bits per heavy atom. The maximum absolute atomic E-state index is 13.0. The predicted molar refractivity (Wildman–Crippen MR) is 62.2 cm³/mol. The minimum atomic E-state index is -0.497. The van der Waals surface area contributed by atoms with Gasteiger partial charge in [-0.25, -0.2) is 4.39 Å². The molecule has 2 rings (SSSR count). The van der Waals surface area contributed by atoms with E-state index in [1.165, 1.54) is 24.5 Å². The van der Waals surface area contributed by atoms with Crippen molar-refractivity contribution in [1.29, 1.82) is 0 Å². The van der Waals surface area contributed by atoms with Crippen LogP contribution in [-0.2, 0) is 0 Å². The lowest BCUT2D eigenvalue weighted by Gasteiger charge is -2.04. The normalized spacial score (nSPS) is 10.2. The van der Waals surface area contributed by atoms with Crippen LogP contribution in [0.1, 0.15) is 16.1 Å². The third-order valence-corrected chi connectivity index (χ3v) is 2.17. The Morgan fingerprint density at radius 1 is 1.35 bits per heavy atom. The highest BCUT2D eigenvalue weighted by atomic mass is 19.1. The lowest BCUT2D eigenvalue weighted by molar-refractivity contribution is 0.102. The first-order valence-corrected chi connectivity index (χ1v) is 4.97. The van der Waals surface area contributed by atoms with Crippen molar-refractivity contribution in [2.45, 2.75) is 6.92 Å². The van der Waals surface area contributed by atoms with E-state index in [-0.39, 0.29) is 11.6 Å². The molecule has 0 aliphatic heterocycles. The monoisotopic (exact) mass is 234 g/mol. The van der Waals surface area contributed by atoms with E-state index in [1.54, 1.807) is 13.0 Å². The minimum Gasteiger partial charge on any atom is -0.469 e. The average molecular weight is 234 g/mol. The summed E-state index contributed by atoms with van der Waals surface area (Å²) >= 11 is 0. The van der Waals surface area contributed by atoms with Gasteiger partial charge in [-0.1, -0.05) is 0 Å². The molecule has 0 radical (unpaired) electrons. The van der Waals surface area contributed by atoms with Crippen molar-refractivity contribution in [2.75, 3.05) is 11.1 Å². The molecule has 1 aromatic heterocycles. The van der Waals surface area contributed by atoms with E-state index in [0.29, 0.717) is 17.0 Å². The van der Waals surface area contributed by atoms with Crippen LogP contribution in [0.25, 0.3) is 0 Å². The molecule has 5 heteroatoms. The molecule has 1 heterocycles. The van der Waals surface area contributed by atoms with E-state index in [4.69, 9.17) is 10.2 Å². The maximum atomic E-state index is 13.0. The largest absolute Gasteiger partial charge is 0.469 e. The molecule has 0 saturated carbocycles. The van der Waals surface area contributed by atoms with Crippen molar-refractivity contribution in [2.24, 2.45) is 0 Å². The molecule has 0 unspecified atom stereocenters. The van der Waals surface area contributed by atoms with Gasteiger partial charge in [0, 0.05) is 11.4 Å². The molecule has 3 N–H and O–H groups in total. The number of halogens is 1. The quantitative estimate of drug-likeness (QED) is 0.784. The summed E-state index contributed by atoms with van der Waals surface area (Å²) in [6.07, 6.45) is 1.34. The number of carbonyl (C=O) groups excluding carboxylic acids is 1. The number of nitrogens with two attached hydrogens (primary N) is 1. The molecule has 1 amide bonds. The number of nitrogens with one attached hydrogen (secondary N) is 1. The second-order valence-corrected chi connectivity index (χ2v) is 3.67. The van der Waals surface area contributed by atoms with Crippen LogP contribution < -0.4 is 11.1 Å². The van der Waals surface area contributed by atoms with E-state index < -0.39 is 5.82 Å². The summed E-state index contributed by atoms with van der Waals surface area (Å²) in [5, 5.41) is 2.53. The fraction of sp³-hybridized carbons (Fsp3) is 0.0833. The second-order valence-electron chi connectivity index (χ2n) is 3.67. The van der Waals surface area contributed by atoms with Gasteiger partial charge in [-0.05, 0) is 31.2 Å². The van der Waals surface area contributed by atoms with Gasteiger partial charge in [0.1, 0.15) is 17.8 Å².